The predicted molar refractivity (Wildman–Crippen MR) is 87.0 cm³/mol. The lowest BCUT2D eigenvalue weighted by molar-refractivity contribution is 0.0875. The summed E-state index contributed by atoms with van der Waals surface area (Å²) in [5.74, 6) is 1.50. The molecule has 5 heteroatoms. The normalized spacial score (nSPS) is 16.5. The van der Waals surface area contributed by atoms with E-state index in [1.54, 1.807) is 0 Å². The number of ether oxygens (including phenoxy) is 2. The smallest absolute Gasteiger partial charge is 0.177 e. The molecule has 1 aliphatic rings. The number of carbonyl (C=O) groups excluding carboxylic acids is 1. The van der Waals surface area contributed by atoms with Crippen molar-refractivity contribution in [1.82, 2.24) is 9.80 Å². The van der Waals surface area contributed by atoms with Crippen LogP contribution in [0.25, 0.3) is 0 Å². The van der Waals surface area contributed by atoms with Crippen molar-refractivity contribution in [2.75, 3.05) is 53.0 Å². The number of hydrogen-bond acceptors (Lipinski definition) is 5. The molecular formula is C17H26N2O3. The minimum Gasteiger partial charge on any atom is -0.494 e. The van der Waals surface area contributed by atoms with Crippen molar-refractivity contribution >= 4 is 5.78 Å². The monoisotopic (exact) mass is 306 g/mol. The predicted octanol–water partition coefficient (Wildman–Crippen LogP) is 1.91. The fraction of sp³-hybridized carbons (Fsp3) is 0.588. The van der Waals surface area contributed by atoms with Gasteiger partial charge in [-0.1, -0.05) is 0 Å². The van der Waals surface area contributed by atoms with Crippen LogP contribution < -0.4 is 9.47 Å². The van der Waals surface area contributed by atoms with Crippen LogP contribution in [0.3, 0.4) is 0 Å². The molecule has 1 aliphatic heterocycles. The SMILES string of the molecule is CCOc1cc(OCC)cc(C(=O)CN2CCN(C)CC2)c1. The molecule has 0 aliphatic carbocycles. The summed E-state index contributed by atoms with van der Waals surface area (Å²) in [4.78, 5) is 17.0. The van der Waals surface area contributed by atoms with Crippen LogP contribution in [0.15, 0.2) is 18.2 Å². The molecule has 0 aromatic heterocycles. The van der Waals surface area contributed by atoms with E-state index in [1.807, 2.05) is 32.0 Å². The molecule has 0 saturated carbocycles. The second-order valence-corrected chi connectivity index (χ2v) is 5.56. The Morgan fingerprint density at radius 3 is 2.05 bits per heavy atom. The zero-order valence-electron chi connectivity index (χ0n) is 13.8. The average molecular weight is 306 g/mol. The van der Waals surface area contributed by atoms with E-state index in [4.69, 9.17) is 9.47 Å². The maximum Gasteiger partial charge on any atom is 0.177 e. The molecule has 1 aromatic rings. The van der Waals surface area contributed by atoms with Gasteiger partial charge in [0.1, 0.15) is 11.5 Å². The Bertz CT molecular complexity index is 472. The first-order valence-electron chi connectivity index (χ1n) is 7.97. The molecule has 0 amide bonds. The first kappa shape index (κ1) is 16.8. The zero-order chi connectivity index (χ0) is 15.9. The van der Waals surface area contributed by atoms with Crippen LogP contribution in [-0.4, -0.2) is 68.6 Å². The van der Waals surface area contributed by atoms with E-state index >= 15 is 0 Å². The molecule has 1 heterocycles. The molecule has 22 heavy (non-hydrogen) atoms. The van der Waals surface area contributed by atoms with Gasteiger partial charge in [-0.05, 0) is 33.0 Å². The molecule has 0 atom stereocenters. The summed E-state index contributed by atoms with van der Waals surface area (Å²) in [6.45, 7) is 9.35. The van der Waals surface area contributed by atoms with Gasteiger partial charge in [0, 0.05) is 37.8 Å². The summed E-state index contributed by atoms with van der Waals surface area (Å²) in [7, 11) is 2.11. The first-order chi connectivity index (χ1) is 10.6. The lowest BCUT2D eigenvalue weighted by Crippen LogP contribution is -2.46. The maximum absolute atomic E-state index is 12.5. The highest BCUT2D eigenvalue weighted by Crippen LogP contribution is 2.23. The summed E-state index contributed by atoms with van der Waals surface area (Å²) in [5, 5.41) is 0. The van der Waals surface area contributed by atoms with Gasteiger partial charge in [0.05, 0.1) is 19.8 Å². The van der Waals surface area contributed by atoms with Crippen molar-refractivity contribution in [3.63, 3.8) is 0 Å². The van der Waals surface area contributed by atoms with Gasteiger partial charge in [0.2, 0.25) is 0 Å². The Morgan fingerprint density at radius 1 is 1.00 bits per heavy atom. The van der Waals surface area contributed by atoms with Crippen molar-refractivity contribution in [3.8, 4) is 11.5 Å². The lowest BCUT2D eigenvalue weighted by atomic mass is 10.1. The topological polar surface area (TPSA) is 42.0 Å². The zero-order valence-corrected chi connectivity index (χ0v) is 13.8. The van der Waals surface area contributed by atoms with E-state index in [0.717, 1.165) is 26.2 Å². The summed E-state index contributed by atoms with van der Waals surface area (Å²) in [5.41, 5.74) is 0.660. The Kier molecular flexibility index (Phi) is 6.21. The van der Waals surface area contributed by atoms with Crippen molar-refractivity contribution in [1.29, 1.82) is 0 Å². The van der Waals surface area contributed by atoms with Crippen LogP contribution in [0.4, 0.5) is 0 Å². The van der Waals surface area contributed by atoms with Crippen LogP contribution in [0.5, 0.6) is 11.5 Å². The van der Waals surface area contributed by atoms with Crippen molar-refractivity contribution in [2.45, 2.75) is 13.8 Å². The first-order valence-corrected chi connectivity index (χ1v) is 7.97. The van der Waals surface area contributed by atoms with Gasteiger partial charge in [0.25, 0.3) is 0 Å². The van der Waals surface area contributed by atoms with Crippen LogP contribution in [-0.2, 0) is 0 Å². The number of piperazine rings is 1. The highest BCUT2D eigenvalue weighted by Gasteiger charge is 2.18. The van der Waals surface area contributed by atoms with Crippen LogP contribution >= 0.6 is 0 Å². The van der Waals surface area contributed by atoms with Gasteiger partial charge in [-0.2, -0.15) is 0 Å². The van der Waals surface area contributed by atoms with E-state index in [9.17, 15) is 4.79 Å². The Hall–Kier alpha value is -1.59. The molecule has 1 saturated heterocycles. The van der Waals surface area contributed by atoms with E-state index in [0.29, 0.717) is 36.8 Å². The highest BCUT2D eigenvalue weighted by atomic mass is 16.5. The number of ketones is 1. The Labute approximate surface area is 132 Å². The molecule has 0 bridgehead atoms. The van der Waals surface area contributed by atoms with Gasteiger partial charge >= 0.3 is 0 Å². The third kappa shape index (κ3) is 4.71. The number of hydrogen-bond donors (Lipinski definition) is 0. The number of benzene rings is 1. The number of nitrogens with zero attached hydrogens (tertiary/aromatic N) is 2. The van der Waals surface area contributed by atoms with Gasteiger partial charge in [-0.25, -0.2) is 0 Å². The number of Topliss-reactive ketones (excluding diaryl/α,β-unsaturated/α-hetero) is 1. The largest absolute Gasteiger partial charge is 0.494 e. The number of rotatable bonds is 7. The molecular weight excluding hydrogens is 280 g/mol. The quantitative estimate of drug-likeness (QED) is 0.720. The Balaban J connectivity index is 2.06. The minimum atomic E-state index is 0.118. The molecule has 2 rings (SSSR count). The van der Waals surface area contributed by atoms with Crippen molar-refractivity contribution in [3.05, 3.63) is 23.8 Å². The molecule has 1 aromatic carbocycles. The standard InChI is InChI=1S/C17H26N2O3/c1-4-21-15-10-14(11-16(12-15)22-5-2)17(20)13-19-8-6-18(3)7-9-19/h10-12H,4-9,13H2,1-3H3. The second kappa shape index (κ2) is 8.15. The lowest BCUT2D eigenvalue weighted by Gasteiger charge is -2.31. The van der Waals surface area contributed by atoms with Gasteiger partial charge < -0.3 is 14.4 Å². The van der Waals surface area contributed by atoms with Gasteiger partial charge in [-0.3, -0.25) is 9.69 Å². The van der Waals surface area contributed by atoms with Crippen LogP contribution in [0, 0.1) is 0 Å². The molecule has 0 spiro atoms. The molecule has 1 fully saturated rings. The van der Waals surface area contributed by atoms with E-state index in [2.05, 4.69) is 16.8 Å². The maximum atomic E-state index is 12.5. The second-order valence-electron chi connectivity index (χ2n) is 5.56. The highest BCUT2D eigenvalue weighted by molar-refractivity contribution is 5.98. The molecule has 5 nitrogen and oxygen atoms in total. The third-order valence-corrected chi connectivity index (χ3v) is 3.79. The molecule has 0 unspecified atom stereocenters. The average Bonchev–Trinajstić information content (AvgIpc) is 2.50. The summed E-state index contributed by atoms with van der Waals surface area (Å²) in [6, 6.07) is 5.45. The van der Waals surface area contributed by atoms with Gasteiger partial charge in [0.15, 0.2) is 5.78 Å². The number of carbonyl (C=O) groups is 1. The van der Waals surface area contributed by atoms with Crippen LogP contribution in [0.1, 0.15) is 24.2 Å². The fourth-order valence-corrected chi connectivity index (χ4v) is 2.53. The van der Waals surface area contributed by atoms with E-state index in [1.165, 1.54) is 0 Å². The fourth-order valence-electron chi connectivity index (χ4n) is 2.53. The molecule has 0 N–H and O–H groups in total. The molecule has 0 radical (unpaired) electrons. The number of likely N-dealkylation sites (N-methyl/N-ethyl adjacent to an activating group) is 1. The summed E-state index contributed by atoms with van der Waals surface area (Å²) < 4.78 is 11.1. The van der Waals surface area contributed by atoms with Crippen molar-refractivity contribution in [2.24, 2.45) is 0 Å². The molecule has 122 valence electrons. The summed E-state index contributed by atoms with van der Waals surface area (Å²) >= 11 is 0. The van der Waals surface area contributed by atoms with Crippen molar-refractivity contribution < 1.29 is 14.3 Å². The third-order valence-electron chi connectivity index (χ3n) is 3.79. The van der Waals surface area contributed by atoms with Gasteiger partial charge in [-0.15, -0.1) is 0 Å². The van der Waals surface area contributed by atoms with E-state index < -0.39 is 0 Å². The summed E-state index contributed by atoms with van der Waals surface area (Å²) in [6.07, 6.45) is 0. The Morgan fingerprint density at radius 2 is 1.55 bits per heavy atom. The van der Waals surface area contributed by atoms with E-state index in [-0.39, 0.29) is 5.78 Å². The van der Waals surface area contributed by atoms with Crippen LogP contribution in [0.2, 0.25) is 0 Å². The minimum absolute atomic E-state index is 0.118.